The molecule has 0 amide bonds. The summed E-state index contributed by atoms with van der Waals surface area (Å²) in [7, 11) is 0. The summed E-state index contributed by atoms with van der Waals surface area (Å²) < 4.78 is 5.58. The van der Waals surface area contributed by atoms with Crippen LogP contribution in [0.15, 0.2) is 0 Å². The zero-order valence-corrected chi connectivity index (χ0v) is 9.84. The highest BCUT2D eigenvalue weighted by molar-refractivity contribution is 4.63. The number of hydrogen-bond acceptors (Lipinski definition) is 2. The smallest absolute Gasteiger partial charge is 0.0994 e. The van der Waals surface area contributed by atoms with E-state index in [1.165, 1.54) is 12.8 Å². The Morgan fingerprint density at radius 1 is 1.08 bits per heavy atom. The molecule has 0 saturated heterocycles. The van der Waals surface area contributed by atoms with Crippen molar-refractivity contribution in [1.82, 2.24) is 4.90 Å². The van der Waals surface area contributed by atoms with E-state index >= 15 is 0 Å². The van der Waals surface area contributed by atoms with Gasteiger partial charge < -0.3 is 4.74 Å². The van der Waals surface area contributed by atoms with Crippen LogP contribution in [0, 0.1) is 0 Å². The molecule has 0 aromatic carbocycles. The van der Waals surface area contributed by atoms with Crippen LogP contribution < -0.4 is 0 Å². The summed E-state index contributed by atoms with van der Waals surface area (Å²) in [6.07, 6.45) is 2.38. The van der Waals surface area contributed by atoms with Crippen molar-refractivity contribution < 1.29 is 4.74 Å². The van der Waals surface area contributed by atoms with Crippen LogP contribution in [0.4, 0.5) is 0 Å². The quantitative estimate of drug-likeness (QED) is 0.449. The Morgan fingerprint density at radius 2 is 1.62 bits per heavy atom. The van der Waals surface area contributed by atoms with Gasteiger partial charge in [-0.25, -0.2) is 0 Å². The van der Waals surface area contributed by atoms with Crippen molar-refractivity contribution in [2.24, 2.45) is 0 Å². The molecule has 0 aliphatic heterocycles. The fourth-order valence-corrected chi connectivity index (χ4v) is 1.31. The van der Waals surface area contributed by atoms with E-state index in [0.29, 0.717) is 12.1 Å². The van der Waals surface area contributed by atoms with Crippen molar-refractivity contribution in [3.05, 3.63) is 0 Å². The number of rotatable bonds is 7. The summed E-state index contributed by atoms with van der Waals surface area (Å²) in [5.74, 6) is 0. The number of nitrogens with zero attached hydrogens (tertiary/aromatic N) is 1. The van der Waals surface area contributed by atoms with Crippen molar-refractivity contribution in [3.8, 4) is 0 Å². The second-order valence-corrected chi connectivity index (χ2v) is 4.09. The Bertz CT molecular complexity index is 105. The molecule has 0 bridgehead atoms. The molecule has 80 valence electrons. The van der Waals surface area contributed by atoms with Gasteiger partial charge in [0.1, 0.15) is 0 Å². The minimum atomic E-state index is 0.571. The highest BCUT2D eigenvalue weighted by Gasteiger charge is 2.12. The van der Waals surface area contributed by atoms with Crippen molar-refractivity contribution in [2.45, 2.75) is 59.5 Å². The van der Waals surface area contributed by atoms with E-state index in [1.54, 1.807) is 0 Å². The lowest BCUT2D eigenvalue weighted by molar-refractivity contribution is -0.00612. The Balaban J connectivity index is 3.58. The molecule has 0 aliphatic rings. The van der Waals surface area contributed by atoms with E-state index in [2.05, 4.69) is 39.5 Å². The average molecular weight is 187 g/mol. The van der Waals surface area contributed by atoms with E-state index in [9.17, 15) is 0 Å². The molecule has 0 aromatic heterocycles. The van der Waals surface area contributed by atoms with Crippen molar-refractivity contribution in [1.29, 1.82) is 0 Å². The summed E-state index contributed by atoms with van der Waals surface area (Å²) in [6, 6.07) is 1.14. The Hall–Kier alpha value is -0.0800. The summed E-state index contributed by atoms with van der Waals surface area (Å²) in [6.45, 7) is 12.7. The third kappa shape index (κ3) is 6.05. The fourth-order valence-electron chi connectivity index (χ4n) is 1.31. The van der Waals surface area contributed by atoms with E-state index in [4.69, 9.17) is 4.74 Å². The zero-order valence-electron chi connectivity index (χ0n) is 9.84. The highest BCUT2D eigenvalue weighted by Crippen LogP contribution is 2.04. The lowest BCUT2D eigenvalue weighted by Crippen LogP contribution is -2.38. The number of ether oxygens (including phenoxy) is 1. The largest absolute Gasteiger partial charge is 0.366 e. The van der Waals surface area contributed by atoms with Gasteiger partial charge in [0.2, 0.25) is 0 Å². The number of unbranched alkanes of at least 4 members (excludes halogenated alkanes) is 1. The summed E-state index contributed by atoms with van der Waals surface area (Å²) in [5, 5.41) is 0. The van der Waals surface area contributed by atoms with Crippen LogP contribution in [-0.4, -0.2) is 30.3 Å². The molecule has 0 atom stereocenters. The van der Waals surface area contributed by atoms with Gasteiger partial charge in [0, 0.05) is 18.7 Å². The lowest BCUT2D eigenvalue weighted by Gasteiger charge is -2.29. The van der Waals surface area contributed by atoms with Gasteiger partial charge in [0.25, 0.3) is 0 Å². The van der Waals surface area contributed by atoms with Crippen LogP contribution in [0.5, 0.6) is 0 Å². The first kappa shape index (κ1) is 12.9. The Morgan fingerprint density at radius 3 is 2.00 bits per heavy atom. The van der Waals surface area contributed by atoms with Crippen LogP contribution in [0.2, 0.25) is 0 Å². The normalized spacial score (nSPS) is 12.0. The summed E-state index contributed by atoms with van der Waals surface area (Å²) >= 11 is 0. The van der Waals surface area contributed by atoms with E-state index < -0.39 is 0 Å². The third-order valence-corrected chi connectivity index (χ3v) is 2.21. The number of hydrogen-bond donors (Lipinski definition) is 0. The van der Waals surface area contributed by atoms with Crippen LogP contribution in [-0.2, 0) is 4.74 Å². The molecule has 2 nitrogen and oxygen atoms in total. The minimum Gasteiger partial charge on any atom is -0.366 e. The predicted octanol–water partition coefficient (Wildman–Crippen LogP) is 2.88. The standard InChI is InChI=1S/C11H25NO/c1-6-7-8-13-9-12(10(2)3)11(4)5/h10-11H,6-9H2,1-5H3. The SMILES string of the molecule is CCCCOCN(C(C)C)C(C)C. The maximum absolute atomic E-state index is 5.58. The second-order valence-electron chi connectivity index (χ2n) is 4.09. The first-order valence-corrected chi connectivity index (χ1v) is 5.43. The van der Waals surface area contributed by atoms with Gasteiger partial charge in [-0.2, -0.15) is 0 Å². The maximum Gasteiger partial charge on any atom is 0.0994 e. The van der Waals surface area contributed by atoms with E-state index in [0.717, 1.165) is 13.3 Å². The van der Waals surface area contributed by atoms with Crippen molar-refractivity contribution in [3.63, 3.8) is 0 Å². The fraction of sp³-hybridized carbons (Fsp3) is 1.00. The minimum absolute atomic E-state index is 0.571. The molecule has 0 aromatic rings. The monoisotopic (exact) mass is 187 g/mol. The molecule has 0 unspecified atom stereocenters. The molecule has 2 heteroatoms. The molecule has 0 aliphatic carbocycles. The molecule has 0 rings (SSSR count). The van der Waals surface area contributed by atoms with Crippen molar-refractivity contribution in [2.75, 3.05) is 13.3 Å². The first-order valence-electron chi connectivity index (χ1n) is 5.43. The average Bonchev–Trinajstić information content (AvgIpc) is 2.02. The van der Waals surface area contributed by atoms with Crippen LogP contribution >= 0.6 is 0 Å². The van der Waals surface area contributed by atoms with Gasteiger partial charge in [0.05, 0.1) is 6.73 Å². The van der Waals surface area contributed by atoms with Gasteiger partial charge in [-0.1, -0.05) is 13.3 Å². The highest BCUT2D eigenvalue weighted by atomic mass is 16.5. The lowest BCUT2D eigenvalue weighted by atomic mass is 10.2. The third-order valence-electron chi connectivity index (χ3n) is 2.21. The van der Waals surface area contributed by atoms with Gasteiger partial charge in [-0.3, -0.25) is 4.90 Å². The Labute approximate surface area is 83.3 Å². The predicted molar refractivity (Wildman–Crippen MR) is 57.8 cm³/mol. The van der Waals surface area contributed by atoms with Gasteiger partial charge in [-0.15, -0.1) is 0 Å². The second kappa shape index (κ2) is 7.34. The molecule has 0 heterocycles. The molecule has 0 N–H and O–H groups in total. The van der Waals surface area contributed by atoms with E-state index in [1.807, 2.05) is 0 Å². The maximum atomic E-state index is 5.58. The van der Waals surface area contributed by atoms with Crippen molar-refractivity contribution >= 4 is 0 Å². The molecule has 0 radical (unpaired) electrons. The van der Waals surface area contributed by atoms with Crippen LogP contribution in [0.25, 0.3) is 0 Å². The summed E-state index contributed by atoms with van der Waals surface area (Å²) in [4.78, 5) is 2.36. The van der Waals surface area contributed by atoms with E-state index in [-0.39, 0.29) is 0 Å². The van der Waals surface area contributed by atoms with Crippen LogP contribution in [0.1, 0.15) is 47.5 Å². The molecule has 0 saturated carbocycles. The molecular formula is C11H25NO. The van der Waals surface area contributed by atoms with Crippen LogP contribution in [0.3, 0.4) is 0 Å². The topological polar surface area (TPSA) is 12.5 Å². The molecule has 0 spiro atoms. The van der Waals surface area contributed by atoms with Gasteiger partial charge in [0.15, 0.2) is 0 Å². The Kier molecular flexibility index (Phi) is 7.29. The molecular weight excluding hydrogens is 162 g/mol. The van der Waals surface area contributed by atoms with Gasteiger partial charge in [-0.05, 0) is 34.1 Å². The molecule has 13 heavy (non-hydrogen) atoms. The summed E-state index contributed by atoms with van der Waals surface area (Å²) in [5.41, 5.74) is 0. The van der Waals surface area contributed by atoms with Gasteiger partial charge >= 0.3 is 0 Å². The first-order chi connectivity index (χ1) is 6.09. The zero-order chi connectivity index (χ0) is 10.3. The molecule has 0 fully saturated rings.